The minimum atomic E-state index is -2.21. The van der Waals surface area contributed by atoms with Gasteiger partial charge in [0.25, 0.3) is 0 Å². The summed E-state index contributed by atoms with van der Waals surface area (Å²) >= 11 is 0.942. The lowest BCUT2D eigenvalue weighted by molar-refractivity contribution is -0.173. The Morgan fingerprint density at radius 3 is 1.06 bits per heavy atom. The Labute approximate surface area is 736 Å². The molecule has 28 N–H and O–H groups in total. The van der Waals surface area contributed by atoms with Gasteiger partial charge in [0.05, 0.1) is 138 Å². The van der Waals surface area contributed by atoms with Crippen LogP contribution in [0.3, 0.4) is 0 Å². The molecule has 127 heavy (non-hydrogen) atoms. The first-order valence-electron chi connectivity index (χ1n) is 37.2. The number of thioether (sulfide) groups is 1. The van der Waals surface area contributed by atoms with Gasteiger partial charge in [-0.25, -0.2) is 38.4 Å². The number of nitrogens with one attached hydrogen (secondary N) is 1. The molecule has 0 spiro atoms. The van der Waals surface area contributed by atoms with Gasteiger partial charge in [-0.2, -0.15) is 0 Å². The molecule has 16 atom stereocenters. The lowest BCUT2D eigenvalue weighted by Gasteiger charge is -2.24. The number of ether oxygens (including phenoxy) is 12. The van der Waals surface area contributed by atoms with Crippen molar-refractivity contribution < 1.29 is 243 Å². The fraction of sp³-hybridized carbons (Fsp3) is 0.632. The molecule has 0 aliphatic heterocycles. The molecule has 1 amide bonds. The highest BCUT2D eigenvalue weighted by Crippen LogP contribution is 2.13. The van der Waals surface area contributed by atoms with Crippen molar-refractivity contribution in [3.8, 4) is 0 Å². The van der Waals surface area contributed by atoms with E-state index in [1.165, 1.54) is 13.0 Å². The fourth-order valence-corrected chi connectivity index (χ4v) is 6.67. The molecule has 50 nitrogen and oxygen atoms in total. The van der Waals surface area contributed by atoms with E-state index in [2.05, 4.69) is 92.9 Å². The van der Waals surface area contributed by atoms with Crippen LogP contribution in [0.4, 0.5) is 0 Å². The number of aliphatic hydroxyl groups is 27. The van der Waals surface area contributed by atoms with Gasteiger partial charge in [0.2, 0.25) is 11.0 Å². The maximum atomic E-state index is 11.4. The van der Waals surface area contributed by atoms with Crippen LogP contribution in [-0.4, -0.2) is 484 Å². The summed E-state index contributed by atoms with van der Waals surface area (Å²) in [6.45, 7) is 22.4. The predicted octanol–water partition coefficient (Wildman–Crippen LogP) is -13.2. The molecule has 0 aromatic rings. The standard InChI is InChI=1S/C13H22O10.4C9H16O6.C9H16O5.C6H11NO3.C6H10O4.C6H10O3S/c1-6(2)12(20)22-4-7(15)5-23-13(21)11(19)10(18)9(17)8(16)3-14;1-2-9(13)15-6-7(12)5-14-8(3-10)4-11;1-2-9(13)15-8(4-11)6-14-5-7(12)3-10;1-2-9(13)15-6-8(12)5-14-4-7(11)3-10;1-2-9(13)15-8(5-12)6-14-7(3-10)4-11;1-2-9(13)14-8(6-12)7(5-11)3-4-10;1-2-6(10)7-3-5(9)4-8;2*1-2-6(9)10-4-5(8)3-7/h7-11,14-19H,1,3-5H2,2H3;4*2,7-8,10-12H,1,3-6H2;2,7-8,10-12H,1,3-6H2;2,5,8-9H,1,3-4H2,(H,7,10);2*2,5,7-8H,1,3-4H2. The summed E-state index contributed by atoms with van der Waals surface area (Å²) in [6, 6.07) is 0. The zero-order chi connectivity index (χ0) is 99.8. The molecule has 0 aromatic heterocycles. The third-order valence-corrected chi connectivity index (χ3v) is 14.0. The second-order valence-electron chi connectivity index (χ2n) is 24.0. The molecule has 0 radical (unpaired) electrons. The summed E-state index contributed by atoms with van der Waals surface area (Å²) in [6.07, 6.45) is -11.5. The van der Waals surface area contributed by atoms with Crippen molar-refractivity contribution in [3.63, 3.8) is 0 Å². The molecular weight excluding hydrogens is 1740 g/mol. The minimum absolute atomic E-state index is 0.0485. The summed E-state index contributed by atoms with van der Waals surface area (Å²) < 4.78 is 56.3. The van der Waals surface area contributed by atoms with Crippen molar-refractivity contribution in [3.05, 3.63) is 113 Å². The quantitative estimate of drug-likeness (QED) is 0.0153. The van der Waals surface area contributed by atoms with Gasteiger partial charge in [-0.3, -0.25) is 9.59 Å². The first-order valence-corrected chi connectivity index (χ1v) is 38.2. The molecule has 0 fully saturated rings. The third kappa shape index (κ3) is 90.8. The zero-order valence-electron chi connectivity index (χ0n) is 70.3. The van der Waals surface area contributed by atoms with E-state index in [9.17, 15) is 78.6 Å². The van der Waals surface area contributed by atoms with Gasteiger partial charge in [-0.05, 0) is 25.5 Å². The molecule has 0 rings (SSSR count). The number of carbonyl (C=O) groups is 10. The average Bonchev–Trinajstić information content (AvgIpc) is 0.875. The monoisotopic (exact) mass is 1880 g/mol. The zero-order valence-corrected chi connectivity index (χ0v) is 71.2. The van der Waals surface area contributed by atoms with E-state index in [1.807, 2.05) is 0 Å². The predicted molar refractivity (Wildman–Crippen MR) is 439 cm³/mol. The Balaban J connectivity index is -0.000000178. The number of esters is 8. The van der Waals surface area contributed by atoms with E-state index >= 15 is 0 Å². The van der Waals surface area contributed by atoms with Crippen LogP contribution in [0.2, 0.25) is 0 Å². The number of aliphatic hydroxyl groups excluding tert-OH is 27. The molecule has 0 saturated carbocycles. The van der Waals surface area contributed by atoms with Gasteiger partial charge < -0.3 is 200 Å². The average molecular weight is 1880 g/mol. The topological polar surface area (TPSA) is 840 Å². The summed E-state index contributed by atoms with van der Waals surface area (Å²) in [7, 11) is 0. The second-order valence-corrected chi connectivity index (χ2v) is 25.1. The highest BCUT2D eigenvalue weighted by Gasteiger charge is 2.36. The molecule has 742 valence electrons. The number of rotatable bonds is 61. The molecule has 0 aliphatic rings. The first-order chi connectivity index (χ1) is 59.9. The van der Waals surface area contributed by atoms with E-state index in [0.29, 0.717) is 0 Å². The van der Waals surface area contributed by atoms with Gasteiger partial charge in [-0.15, -0.1) is 0 Å². The van der Waals surface area contributed by atoms with E-state index in [4.69, 9.17) is 136 Å². The van der Waals surface area contributed by atoms with E-state index < -0.39 is 204 Å². The highest BCUT2D eigenvalue weighted by atomic mass is 32.2. The summed E-state index contributed by atoms with van der Waals surface area (Å²) in [4.78, 5) is 107. The summed E-state index contributed by atoms with van der Waals surface area (Å²) in [5.41, 5.74) is 0.115. The molecule has 0 aromatic carbocycles. The third-order valence-electron chi connectivity index (χ3n) is 13.0. The van der Waals surface area contributed by atoms with E-state index in [-0.39, 0.29) is 161 Å². The SMILES string of the molecule is C=C(C)C(=O)OCC(O)COC(=O)C(O)C(O)C(O)C(O)CO.C=CC(=O)NCC(O)CO.C=CC(=O)OC(CO)C(CO)CCO.C=CC(=O)OC(CO)COC(CO)CO.C=CC(=O)OC(CO)COCC(O)CO.C=CC(=O)OCC(O)CO.C=CC(=O)OCC(O)COC(CO)CO.C=CC(=O)OCC(O)COCC(O)CO.C=CC(=O)SCC(O)CO. The van der Waals surface area contributed by atoms with Crippen molar-refractivity contribution in [2.45, 2.75) is 117 Å². The Morgan fingerprint density at radius 2 is 0.693 bits per heavy atom. The van der Waals surface area contributed by atoms with Gasteiger partial charge in [0.1, 0.15) is 118 Å². The molecule has 0 heterocycles. The van der Waals surface area contributed by atoms with Crippen molar-refractivity contribution in [1.82, 2.24) is 5.32 Å². The maximum absolute atomic E-state index is 11.4. The van der Waals surface area contributed by atoms with Crippen molar-refractivity contribution in [1.29, 1.82) is 0 Å². The molecule has 0 aliphatic carbocycles. The van der Waals surface area contributed by atoms with Crippen LogP contribution in [-0.2, 0) is 105 Å². The van der Waals surface area contributed by atoms with Gasteiger partial charge in [0, 0.05) is 73.5 Å². The summed E-state index contributed by atoms with van der Waals surface area (Å²) in [5, 5.41) is 240. The highest BCUT2D eigenvalue weighted by molar-refractivity contribution is 8.14. The fourth-order valence-electron chi connectivity index (χ4n) is 6.09. The molecular formula is C76H133NO49S. The van der Waals surface area contributed by atoms with Gasteiger partial charge in [0.15, 0.2) is 6.10 Å². The lowest BCUT2D eigenvalue weighted by Crippen LogP contribution is -2.49. The molecule has 16 unspecified atom stereocenters. The first kappa shape index (κ1) is 137. The number of amides is 1. The summed E-state index contributed by atoms with van der Waals surface area (Å²) in [5.74, 6) is -6.53. The molecule has 0 saturated heterocycles. The van der Waals surface area contributed by atoms with Crippen molar-refractivity contribution >= 4 is 70.5 Å². The lowest BCUT2D eigenvalue weighted by atomic mass is 10.0. The van der Waals surface area contributed by atoms with Crippen LogP contribution >= 0.6 is 11.8 Å². The van der Waals surface area contributed by atoms with Crippen LogP contribution < -0.4 is 5.32 Å². The number of hydrogen-bond donors (Lipinski definition) is 28. The van der Waals surface area contributed by atoms with Crippen LogP contribution in [0.1, 0.15) is 13.3 Å². The largest absolute Gasteiger partial charge is 0.461 e. The van der Waals surface area contributed by atoms with Crippen molar-refractivity contribution in [2.75, 3.05) is 184 Å². The smallest absolute Gasteiger partial charge is 0.337 e. The second kappa shape index (κ2) is 95.3. The number of carbonyl (C=O) groups excluding carboxylic acids is 10. The Hall–Kier alpha value is -8.33. The van der Waals surface area contributed by atoms with Crippen LogP contribution in [0.15, 0.2) is 113 Å². The normalized spacial score (nSPS) is 14.0. The van der Waals surface area contributed by atoms with Crippen LogP contribution in [0, 0.1) is 5.92 Å². The van der Waals surface area contributed by atoms with Crippen molar-refractivity contribution in [2.24, 2.45) is 5.92 Å². The number of hydrogen-bond acceptors (Lipinski definition) is 50. The van der Waals surface area contributed by atoms with Gasteiger partial charge >= 0.3 is 47.8 Å². The van der Waals surface area contributed by atoms with E-state index in [1.54, 1.807) is 0 Å². The molecule has 51 heteroatoms. The minimum Gasteiger partial charge on any atom is -0.461 e. The van der Waals surface area contributed by atoms with Crippen LogP contribution in [0.5, 0.6) is 0 Å². The van der Waals surface area contributed by atoms with Gasteiger partial charge in [-0.1, -0.05) is 71.0 Å². The van der Waals surface area contributed by atoms with E-state index in [0.717, 1.165) is 54.3 Å². The Morgan fingerprint density at radius 1 is 0.339 bits per heavy atom. The Kier molecular flexibility index (Phi) is 102. The molecule has 0 bridgehead atoms. The Bertz CT molecular complexity index is 2820. The maximum Gasteiger partial charge on any atom is 0.337 e. The van der Waals surface area contributed by atoms with Crippen LogP contribution in [0.25, 0.3) is 0 Å².